The van der Waals surface area contributed by atoms with Crippen LogP contribution in [0.2, 0.25) is 0 Å². The highest BCUT2D eigenvalue weighted by molar-refractivity contribution is 5.99. The van der Waals surface area contributed by atoms with Crippen LogP contribution < -0.4 is 22.1 Å². The normalized spacial score (nSPS) is 17.6. The van der Waals surface area contributed by atoms with E-state index < -0.39 is 11.8 Å². The number of unbranched alkanes of at least 4 members (excludes halogenated alkanes) is 3. The van der Waals surface area contributed by atoms with Crippen LogP contribution in [0.15, 0.2) is 44.8 Å². The van der Waals surface area contributed by atoms with E-state index in [1.54, 1.807) is 0 Å². The number of hydrogen-bond acceptors (Lipinski definition) is 8. The summed E-state index contributed by atoms with van der Waals surface area (Å²) in [6.07, 6.45) is 5.52. The van der Waals surface area contributed by atoms with Crippen LogP contribution in [0.3, 0.4) is 0 Å². The van der Waals surface area contributed by atoms with E-state index in [0.717, 1.165) is 25.7 Å². The minimum atomic E-state index is -0.646. The second-order valence-corrected chi connectivity index (χ2v) is 11.9. The monoisotopic (exact) mass is 542 g/mol. The van der Waals surface area contributed by atoms with Gasteiger partial charge in [-0.3, -0.25) is 9.59 Å². The second kappa shape index (κ2) is 13.5. The Morgan fingerprint density at radius 1 is 0.650 bits per heavy atom. The molecule has 2 aliphatic rings. The molecule has 210 valence electrons. The maximum atomic E-state index is 12.3. The van der Waals surface area contributed by atoms with Crippen LogP contribution in [0.25, 0.3) is 0 Å². The molecule has 2 aliphatic carbocycles. The van der Waals surface area contributed by atoms with Gasteiger partial charge in [0.05, 0.1) is 11.1 Å². The van der Waals surface area contributed by atoms with Crippen LogP contribution in [-0.2, 0) is 9.59 Å². The number of nitrogens with zero attached hydrogens (tertiary/aromatic N) is 4. The first-order valence-electron chi connectivity index (χ1n) is 13.4. The Balaban J connectivity index is 2.00. The Morgan fingerprint density at radius 3 is 1.25 bits per heavy atom. The quantitative estimate of drug-likeness (QED) is 0.224. The molecular weight excluding hydrogens is 504 g/mol. The van der Waals surface area contributed by atoms with Gasteiger partial charge in [-0.25, -0.2) is 0 Å². The minimum absolute atomic E-state index is 0.0802. The largest absolute Gasteiger partial charge is 0.388 e. The number of rotatable bonds is 11. The number of allylic oxidation sites excluding steroid dienone is 4. The van der Waals surface area contributed by atoms with Crippen molar-refractivity contribution in [1.82, 2.24) is 10.6 Å². The number of nitrogens with two attached hydrogens (primary N) is 2. The van der Waals surface area contributed by atoms with Gasteiger partial charge in [0.25, 0.3) is 11.8 Å². The molecule has 0 saturated heterocycles. The average molecular weight is 543 g/mol. The summed E-state index contributed by atoms with van der Waals surface area (Å²) >= 11 is 0. The van der Waals surface area contributed by atoms with Gasteiger partial charge in [0.1, 0.15) is 35.4 Å². The number of nitriles is 4. The molecule has 2 amide bonds. The van der Waals surface area contributed by atoms with Gasteiger partial charge in [-0.15, -0.1) is 0 Å². The fourth-order valence-electron chi connectivity index (χ4n) is 5.48. The molecule has 0 bridgehead atoms. The van der Waals surface area contributed by atoms with Gasteiger partial charge < -0.3 is 22.1 Å². The van der Waals surface area contributed by atoms with E-state index in [2.05, 4.69) is 10.6 Å². The van der Waals surface area contributed by atoms with Crippen LogP contribution in [0.1, 0.15) is 79.1 Å². The lowest BCUT2D eigenvalue weighted by Crippen LogP contribution is -2.33. The summed E-state index contributed by atoms with van der Waals surface area (Å²) in [5.41, 5.74) is 13.3. The molecule has 0 saturated carbocycles. The van der Waals surface area contributed by atoms with E-state index in [1.165, 1.54) is 0 Å². The molecule has 6 N–H and O–H groups in total. The zero-order valence-corrected chi connectivity index (χ0v) is 23.8. The lowest BCUT2D eigenvalue weighted by atomic mass is 9.72. The van der Waals surface area contributed by atoms with Crippen LogP contribution in [0.5, 0.6) is 0 Å². The molecule has 0 aromatic rings. The smallest absolute Gasteiger partial charge is 0.250 e. The fourth-order valence-corrected chi connectivity index (χ4v) is 5.48. The number of primary amides is 2. The van der Waals surface area contributed by atoms with Gasteiger partial charge in [-0.1, -0.05) is 40.5 Å². The molecule has 0 heterocycles. The predicted molar refractivity (Wildman–Crippen MR) is 149 cm³/mol. The van der Waals surface area contributed by atoms with E-state index in [1.807, 2.05) is 52.0 Å². The molecule has 0 aliphatic heterocycles. The number of amides is 2. The van der Waals surface area contributed by atoms with E-state index >= 15 is 0 Å². The molecule has 10 heteroatoms. The van der Waals surface area contributed by atoms with Crippen LogP contribution in [-0.4, -0.2) is 24.9 Å². The average Bonchev–Trinajstić information content (AvgIpc) is 2.85. The second-order valence-electron chi connectivity index (χ2n) is 11.9. The van der Waals surface area contributed by atoms with Crippen LogP contribution >= 0.6 is 0 Å². The highest BCUT2D eigenvalue weighted by Gasteiger charge is 2.36. The maximum Gasteiger partial charge on any atom is 0.250 e. The Hall–Kier alpha value is -4.54. The van der Waals surface area contributed by atoms with Crippen molar-refractivity contribution in [2.75, 3.05) is 13.1 Å². The molecule has 0 fully saturated rings. The highest BCUT2D eigenvalue weighted by Crippen LogP contribution is 2.43. The standard InChI is InChI=1S/C30H38N8O2/c1-29(2)11-21(19(15-31)16-32)25(27(35)39)23(13-29)37-9-7-5-6-8-10-38-24-14-30(3,4)12-22(20(17-33)18-34)26(24)28(36)40/h37-38H,5-14H2,1-4H3,(H2,35,39)(H2,36,40). The van der Waals surface area contributed by atoms with Crippen molar-refractivity contribution in [2.24, 2.45) is 22.3 Å². The maximum absolute atomic E-state index is 12.3. The van der Waals surface area contributed by atoms with Gasteiger partial charge in [0, 0.05) is 24.5 Å². The minimum Gasteiger partial charge on any atom is -0.388 e. The third kappa shape index (κ3) is 7.98. The Kier molecular flexibility index (Phi) is 10.7. The number of carbonyl (C=O) groups is 2. The van der Waals surface area contributed by atoms with Gasteiger partial charge in [0.15, 0.2) is 0 Å². The lowest BCUT2D eigenvalue weighted by molar-refractivity contribution is -0.115. The third-order valence-corrected chi connectivity index (χ3v) is 7.15. The van der Waals surface area contributed by atoms with Crippen molar-refractivity contribution in [3.05, 3.63) is 44.8 Å². The van der Waals surface area contributed by atoms with Crippen molar-refractivity contribution < 1.29 is 9.59 Å². The predicted octanol–water partition coefficient (Wildman–Crippen LogP) is 3.53. The summed E-state index contributed by atoms with van der Waals surface area (Å²) in [5, 5.41) is 44.2. The van der Waals surface area contributed by atoms with Crippen molar-refractivity contribution in [3.8, 4) is 24.3 Å². The lowest BCUT2D eigenvalue weighted by Gasteiger charge is -2.34. The zero-order chi connectivity index (χ0) is 30.1. The highest BCUT2D eigenvalue weighted by atomic mass is 16.1. The number of carbonyl (C=O) groups excluding carboxylic acids is 2. The summed E-state index contributed by atoms with van der Waals surface area (Å²) in [6.45, 7) is 9.33. The molecule has 0 radical (unpaired) electrons. The van der Waals surface area contributed by atoms with Gasteiger partial charge >= 0.3 is 0 Å². The molecule has 10 nitrogen and oxygen atoms in total. The van der Waals surface area contributed by atoms with Gasteiger partial charge in [0.2, 0.25) is 0 Å². The molecule has 0 atom stereocenters. The molecule has 0 aromatic carbocycles. The van der Waals surface area contributed by atoms with Gasteiger partial charge in [-0.05, 0) is 60.5 Å². The van der Waals surface area contributed by atoms with Crippen molar-refractivity contribution in [2.45, 2.75) is 79.1 Å². The van der Waals surface area contributed by atoms with Crippen molar-refractivity contribution in [3.63, 3.8) is 0 Å². The molecular formula is C30H38N8O2. The van der Waals surface area contributed by atoms with E-state index in [-0.39, 0.29) is 33.1 Å². The zero-order valence-electron chi connectivity index (χ0n) is 23.8. The van der Waals surface area contributed by atoms with E-state index in [4.69, 9.17) is 11.5 Å². The molecule has 0 spiro atoms. The van der Waals surface area contributed by atoms with Gasteiger partial charge in [-0.2, -0.15) is 21.0 Å². The summed E-state index contributed by atoms with van der Waals surface area (Å²) in [6, 6.07) is 7.58. The fraction of sp³-hybridized carbons (Fsp3) is 0.533. The Morgan fingerprint density at radius 2 is 0.975 bits per heavy atom. The summed E-state index contributed by atoms with van der Waals surface area (Å²) in [4.78, 5) is 24.5. The Bertz CT molecular complexity index is 1210. The van der Waals surface area contributed by atoms with E-state index in [9.17, 15) is 30.6 Å². The first-order chi connectivity index (χ1) is 18.8. The topological polar surface area (TPSA) is 205 Å². The summed E-state index contributed by atoms with van der Waals surface area (Å²) in [5.74, 6) is -1.29. The third-order valence-electron chi connectivity index (χ3n) is 7.15. The molecule has 0 aromatic heterocycles. The van der Waals surface area contributed by atoms with E-state index in [0.29, 0.717) is 61.3 Å². The SMILES string of the molecule is CC1(C)CC(NCCCCCCNC2=C(C(N)=O)C(=C(C#N)C#N)CC(C)(C)C2)=C(C(N)=O)C(=C(C#N)C#N)C1. The first-order valence-corrected chi connectivity index (χ1v) is 13.4. The molecule has 0 unspecified atom stereocenters. The number of hydrogen-bond donors (Lipinski definition) is 4. The van der Waals surface area contributed by atoms with Crippen LogP contribution in [0.4, 0.5) is 0 Å². The number of nitrogens with one attached hydrogen (secondary N) is 2. The molecule has 40 heavy (non-hydrogen) atoms. The van der Waals surface area contributed by atoms with Crippen molar-refractivity contribution >= 4 is 11.8 Å². The van der Waals surface area contributed by atoms with Crippen molar-refractivity contribution in [1.29, 1.82) is 21.0 Å². The summed E-state index contributed by atoms with van der Waals surface area (Å²) in [7, 11) is 0. The molecule has 2 rings (SSSR count). The Labute approximate surface area is 236 Å². The van der Waals surface area contributed by atoms with Crippen LogP contribution in [0, 0.1) is 56.2 Å². The summed E-state index contributed by atoms with van der Waals surface area (Å²) < 4.78 is 0. The first kappa shape index (κ1) is 31.7.